The molecule has 0 bridgehead atoms. The van der Waals surface area contributed by atoms with Gasteiger partial charge in [-0.15, -0.1) is 16.8 Å². The Morgan fingerprint density at radius 1 is 1.27 bits per heavy atom. The summed E-state index contributed by atoms with van der Waals surface area (Å²) >= 11 is 7.28. The van der Waals surface area contributed by atoms with Crippen LogP contribution in [0.4, 0.5) is 5.69 Å². The van der Waals surface area contributed by atoms with Crippen LogP contribution in [-0.2, 0) is 11.3 Å². The highest BCUT2D eigenvalue weighted by Gasteiger charge is 2.17. The summed E-state index contributed by atoms with van der Waals surface area (Å²) in [4.78, 5) is 23.5. The number of rotatable bonds is 8. The zero-order valence-corrected chi connectivity index (χ0v) is 17.7. The normalized spacial score (nSPS) is 10.6. The van der Waals surface area contributed by atoms with Gasteiger partial charge in [-0.25, -0.2) is 4.79 Å². The Morgan fingerprint density at radius 2 is 2.03 bits per heavy atom. The van der Waals surface area contributed by atoms with Gasteiger partial charge in [0, 0.05) is 12.1 Å². The number of carboxylic acid groups (broad SMARTS) is 1. The number of aryl methyl sites for hydroxylation is 1. The van der Waals surface area contributed by atoms with Gasteiger partial charge in [-0.2, -0.15) is 0 Å². The Bertz CT molecular complexity index is 1110. The summed E-state index contributed by atoms with van der Waals surface area (Å²) < 4.78 is 1.89. The van der Waals surface area contributed by atoms with Gasteiger partial charge in [-0.1, -0.05) is 53.7 Å². The largest absolute Gasteiger partial charge is 0.478 e. The first-order chi connectivity index (χ1) is 14.4. The first-order valence-corrected chi connectivity index (χ1v) is 10.3. The molecule has 3 rings (SSSR count). The number of aromatic carboxylic acids is 1. The quantitative estimate of drug-likeness (QED) is 0.393. The van der Waals surface area contributed by atoms with Gasteiger partial charge in [0.1, 0.15) is 0 Å². The number of anilines is 1. The number of carboxylic acids is 1. The van der Waals surface area contributed by atoms with E-state index in [2.05, 4.69) is 22.1 Å². The topological polar surface area (TPSA) is 97.1 Å². The third kappa shape index (κ3) is 4.90. The highest BCUT2D eigenvalue weighted by molar-refractivity contribution is 7.99. The van der Waals surface area contributed by atoms with Crippen molar-refractivity contribution in [1.29, 1.82) is 0 Å². The maximum Gasteiger partial charge on any atom is 0.335 e. The molecule has 1 aromatic heterocycles. The Labute approximate surface area is 182 Å². The van der Waals surface area contributed by atoms with Gasteiger partial charge < -0.3 is 10.4 Å². The Balaban J connectivity index is 1.75. The molecular weight excluding hydrogens is 424 g/mol. The van der Waals surface area contributed by atoms with Crippen LogP contribution in [0.1, 0.15) is 15.9 Å². The molecule has 0 saturated heterocycles. The van der Waals surface area contributed by atoms with E-state index < -0.39 is 5.97 Å². The summed E-state index contributed by atoms with van der Waals surface area (Å²) in [7, 11) is 0. The van der Waals surface area contributed by atoms with Crippen molar-refractivity contribution >= 4 is 40.9 Å². The minimum Gasteiger partial charge on any atom is -0.478 e. The van der Waals surface area contributed by atoms with Crippen molar-refractivity contribution < 1.29 is 14.7 Å². The smallest absolute Gasteiger partial charge is 0.335 e. The molecule has 2 N–H and O–H groups in total. The summed E-state index contributed by atoms with van der Waals surface area (Å²) in [6.07, 6.45) is 1.74. The number of carbonyl (C=O) groups is 2. The van der Waals surface area contributed by atoms with Crippen molar-refractivity contribution in [2.45, 2.75) is 18.6 Å². The highest BCUT2D eigenvalue weighted by atomic mass is 35.5. The van der Waals surface area contributed by atoms with E-state index >= 15 is 0 Å². The van der Waals surface area contributed by atoms with Gasteiger partial charge in [0.2, 0.25) is 5.91 Å². The van der Waals surface area contributed by atoms with E-state index in [0.717, 1.165) is 11.1 Å². The average molecular weight is 443 g/mol. The molecule has 2 aromatic carbocycles. The number of allylic oxidation sites excluding steroid dienone is 1. The van der Waals surface area contributed by atoms with E-state index in [1.807, 2.05) is 35.8 Å². The average Bonchev–Trinajstić information content (AvgIpc) is 3.11. The van der Waals surface area contributed by atoms with E-state index in [1.165, 1.54) is 30.0 Å². The molecule has 0 saturated carbocycles. The lowest BCUT2D eigenvalue weighted by molar-refractivity contribution is -0.113. The van der Waals surface area contributed by atoms with Gasteiger partial charge in [0.05, 0.1) is 22.0 Å². The molecular formula is C21H19ClN4O3S. The van der Waals surface area contributed by atoms with Crippen molar-refractivity contribution in [1.82, 2.24) is 14.8 Å². The van der Waals surface area contributed by atoms with Gasteiger partial charge >= 0.3 is 5.97 Å². The molecule has 0 spiro atoms. The van der Waals surface area contributed by atoms with E-state index in [9.17, 15) is 9.59 Å². The van der Waals surface area contributed by atoms with Gasteiger partial charge in [-0.05, 0) is 30.7 Å². The molecule has 0 fully saturated rings. The number of halogens is 1. The molecule has 0 aliphatic heterocycles. The van der Waals surface area contributed by atoms with E-state index in [1.54, 1.807) is 6.08 Å². The van der Waals surface area contributed by atoms with E-state index in [-0.39, 0.29) is 27.9 Å². The molecule has 1 heterocycles. The summed E-state index contributed by atoms with van der Waals surface area (Å²) in [6, 6.07) is 12.0. The predicted molar refractivity (Wildman–Crippen MR) is 118 cm³/mol. The molecule has 0 atom stereocenters. The van der Waals surface area contributed by atoms with Crippen LogP contribution < -0.4 is 5.32 Å². The van der Waals surface area contributed by atoms with Crippen molar-refractivity contribution in [2.75, 3.05) is 11.1 Å². The molecule has 0 radical (unpaired) electrons. The van der Waals surface area contributed by atoms with E-state index in [4.69, 9.17) is 16.7 Å². The van der Waals surface area contributed by atoms with Crippen LogP contribution in [0.15, 0.2) is 60.3 Å². The molecule has 154 valence electrons. The molecule has 0 aliphatic carbocycles. The van der Waals surface area contributed by atoms with Crippen molar-refractivity contribution in [3.63, 3.8) is 0 Å². The summed E-state index contributed by atoms with van der Waals surface area (Å²) in [5.74, 6) is -0.683. The number of aromatic nitrogens is 3. The maximum absolute atomic E-state index is 12.4. The van der Waals surface area contributed by atoms with Crippen LogP contribution in [0.3, 0.4) is 0 Å². The second-order valence-electron chi connectivity index (χ2n) is 6.36. The van der Waals surface area contributed by atoms with Crippen LogP contribution >= 0.6 is 23.4 Å². The predicted octanol–water partition coefficient (Wildman–Crippen LogP) is 4.52. The standard InChI is InChI=1S/C21H19ClN4O3S/c1-3-10-26-19(15-7-5-4-6-13(15)2)24-25-21(26)30-12-18(27)23-17-11-14(20(28)29)8-9-16(17)22/h3-9,11H,1,10,12H2,2H3,(H,23,27)(H,28,29). The van der Waals surface area contributed by atoms with Crippen molar-refractivity contribution in [3.8, 4) is 11.4 Å². The zero-order chi connectivity index (χ0) is 21.7. The molecule has 0 aliphatic rings. The first kappa shape index (κ1) is 21.6. The Kier molecular flexibility index (Phi) is 6.91. The number of hydrogen-bond acceptors (Lipinski definition) is 5. The number of amides is 1. The van der Waals surface area contributed by atoms with Crippen molar-refractivity contribution in [2.24, 2.45) is 0 Å². The number of nitrogens with zero attached hydrogens (tertiary/aromatic N) is 3. The third-order valence-electron chi connectivity index (χ3n) is 4.23. The number of benzene rings is 2. The number of carbonyl (C=O) groups excluding carboxylic acids is 1. The SMILES string of the molecule is C=CCn1c(SCC(=O)Nc2cc(C(=O)O)ccc2Cl)nnc1-c1ccccc1C. The molecule has 3 aromatic rings. The maximum atomic E-state index is 12.4. The minimum atomic E-state index is -1.10. The molecule has 30 heavy (non-hydrogen) atoms. The lowest BCUT2D eigenvalue weighted by Gasteiger charge is -2.10. The molecule has 0 unspecified atom stereocenters. The van der Waals surface area contributed by atoms with Crippen LogP contribution in [-0.4, -0.2) is 37.5 Å². The minimum absolute atomic E-state index is 0.0379. The fraction of sp³-hybridized carbons (Fsp3) is 0.143. The van der Waals surface area contributed by atoms with Crippen LogP contribution in [0.25, 0.3) is 11.4 Å². The van der Waals surface area contributed by atoms with Gasteiger partial charge in [0.15, 0.2) is 11.0 Å². The second kappa shape index (κ2) is 9.60. The lowest BCUT2D eigenvalue weighted by Crippen LogP contribution is -2.15. The van der Waals surface area contributed by atoms with Gasteiger partial charge in [0.25, 0.3) is 0 Å². The van der Waals surface area contributed by atoms with Crippen LogP contribution in [0, 0.1) is 6.92 Å². The number of hydrogen-bond donors (Lipinski definition) is 2. The number of nitrogens with one attached hydrogen (secondary N) is 1. The van der Waals surface area contributed by atoms with Gasteiger partial charge in [-0.3, -0.25) is 9.36 Å². The summed E-state index contributed by atoms with van der Waals surface area (Å²) in [5.41, 5.74) is 2.31. The summed E-state index contributed by atoms with van der Waals surface area (Å²) in [6.45, 7) is 6.28. The Morgan fingerprint density at radius 3 is 2.73 bits per heavy atom. The zero-order valence-electron chi connectivity index (χ0n) is 16.1. The van der Waals surface area contributed by atoms with Crippen molar-refractivity contribution in [3.05, 3.63) is 71.3 Å². The number of thioether (sulfide) groups is 1. The highest BCUT2D eigenvalue weighted by Crippen LogP contribution is 2.27. The second-order valence-corrected chi connectivity index (χ2v) is 7.71. The molecule has 9 heteroatoms. The fourth-order valence-electron chi connectivity index (χ4n) is 2.78. The Hall–Kier alpha value is -3.10. The van der Waals surface area contributed by atoms with E-state index in [0.29, 0.717) is 17.5 Å². The fourth-order valence-corrected chi connectivity index (χ4v) is 3.70. The van der Waals surface area contributed by atoms with Crippen LogP contribution in [0.2, 0.25) is 5.02 Å². The van der Waals surface area contributed by atoms with Crippen LogP contribution in [0.5, 0.6) is 0 Å². The summed E-state index contributed by atoms with van der Waals surface area (Å²) in [5, 5.41) is 21.1. The lowest BCUT2D eigenvalue weighted by atomic mass is 10.1. The molecule has 1 amide bonds. The molecule has 7 nitrogen and oxygen atoms in total. The first-order valence-electron chi connectivity index (χ1n) is 8.96. The third-order valence-corrected chi connectivity index (χ3v) is 5.53. The monoisotopic (exact) mass is 442 g/mol.